The van der Waals surface area contributed by atoms with Gasteiger partial charge < -0.3 is 15.3 Å². The molecule has 10 heteroatoms. The van der Waals surface area contributed by atoms with Gasteiger partial charge in [-0.3, -0.25) is 14.6 Å². The average molecular weight is 511 g/mol. The molecule has 9 nitrogen and oxygen atoms in total. The summed E-state index contributed by atoms with van der Waals surface area (Å²) in [4.78, 5) is 30.6. The third kappa shape index (κ3) is 6.38. The van der Waals surface area contributed by atoms with Gasteiger partial charge in [0, 0.05) is 43.6 Å². The lowest BCUT2D eigenvalue weighted by Gasteiger charge is -2.32. The van der Waals surface area contributed by atoms with Gasteiger partial charge in [-0.25, -0.2) is 8.42 Å². The van der Waals surface area contributed by atoms with Crippen molar-refractivity contribution in [3.63, 3.8) is 0 Å². The number of carbonyl (C=O) groups is 2. The molecule has 0 aliphatic carbocycles. The molecule has 190 valence electrons. The van der Waals surface area contributed by atoms with Crippen molar-refractivity contribution in [1.29, 1.82) is 0 Å². The molecule has 0 saturated carbocycles. The van der Waals surface area contributed by atoms with E-state index >= 15 is 0 Å². The van der Waals surface area contributed by atoms with E-state index in [1.165, 1.54) is 12.1 Å². The Kier molecular flexibility index (Phi) is 8.17. The van der Waals surface area contributed by atoms with Gasteiger partial charge >= 0.3 is 5.97 Å². The fraction of sp³-hybridized carbons (Fsp3) is 0.346. The van der Waals surface area contributed by atoms with Crippen molar-refractivity contribution in [2.45, 2.75) is 36.6 Å². The number of aromatic nitrogens is 1. The number of hydrogen-bond donors (Lipinski definition) is 3. The average Bonchev–Trinajstić information content (AvgIpc) is 2.90. The summed E-state index contributed by atoms with van der Waals surface area (Å²) in [6.45, 7) is 1.84. The maximum Gasteiger partial charge on any atom is 0.321 e. The van der Waals surface area contributed by atoms with Crippen LogP contribution in [0, 0.1) is 5.92 Å². The summed E-state index contributed by atoms with van der Waals surface area (Å²) < 4.78 is 27.9. The number of sulfonamides is 1. The first kappa shape index (κ1) is 25.6. The fourth-order valence-electron chi connectivity index (χ4n) is 4.44. The van der Waals surface area contributed by atoms with Crippen molar-refractivity contribution in [2.75, 3.05) is 24.5 Å². The van der Waals surface area contributed by atoms with Gasteiger partial charge in [-0.1, -0.05) is 30.3 Å². The number of nitrogens with one attached hydrogen (secondary N) is 2. The smallest absolute Gasteiger partial charge is 0.321 e. The zero-order valence-corrected chi connectivity index (χ0v) is 20.7. The van der Waals surface area contributed by atoms with Crippen LogP contribution in [0.3, 0.4) is 0 Å². The molecule has 0 spiro atoms. The van der Waals surface area contributed by atoms with E-state index in [2.05, 4.69) is 19.9 Å². The van der Waals surface area contributed by atoms with Gasteiger partial charge in [0.1, 0.15) is 6.04 Å². The summed E-state index contributed by atoms with van der Waals surface area (Å²) in [6, 6.07) is 14.6. The number of hydrogen-bond acceptors (Lipinski definition) is 6. The van der Waals surface area contributed by atoms with E-state index in [0.717, 1.165) is 42.4 Å². The van der Waals surface area contributed by atoms with Crippen molar-refractivity contribution < 1.29 is 23.1 Å². The molecule has 1 aromatic heterocycles. The molecule has 2 heterocycles. The summed E-state index contributed by atoms with van der Waals surface area (Å²) in [6.07, 6.45) is 5.36. The second-order valence-electron chi connectivity index (χ2n) is 8.92. The molecule has 1 aliphatic rings. The Balaban J connectivity index is 1.24. The molecule has 0 bridgehead atoms. The molecule has 3 N–H and O–H groups in total. The number of fused-ring (bicyclic) bond motifs is 1. The van der Waals surface area contributed by atoms with E-state index < -0.39 is 22.0 Å². The lowest BCUT2D eigenvalue weighted by molar-refractivity contribution is -0.139. The van der Waals surface area contributed by atoms with Crippen LogP contribution >= 0.6 is 0 Å². The normalized spacial score (nSPS) is 15.5. The van der Waals surface area contributed by atoms with Gasteiger partial charge in [0.25, 0.3) is 0 Å². The van der Waals surface area contributed by atoms with E-state index in [4.69, 9.17) is 0 Å². The highest BCUT2D eigenvalue weighted by molar-refractivity contribution is 7.89. The van der Waals surface area contributed by atoms with Gasteiger partial charge in [0.2, 0.25) is 15.9 Å². The lowest BCUT2D eigenvalue weighted by atomic mass is 9.95. The van der Waals surface area contributed by atoms with Gasteiger partial charge in [-0.2, -0.15) is 4.72 Å². The van der Waals surface area contributed by atoms with Gasteiger partial charge in [-0.05, 0) is 60.7 Å². The highest BCUT2D eigenvalue weighted by Gasteiger charge is 2.27. The Morgan fingerprint density at radius 3 is 2.42 bits per heavy atom. The second kappa shape index (κ2) is 11.5. The van der Waals surface area contributed by atoms with Crippen molar-refractivity contribution >= 4 is 38.4 Å². The Morgan fingerprint density at radius 1 is 1.03 bits per heavy atom. The number of carbonyl (C=O) groups excluding carboxylic acids is 1. The van der Waals surface area contributed by atoms with Gasteiger partial charge in [-0.15, -0.1) is 0 Å². The minimum atomic E-state index is -4.02. The van der Waals surface area contributed by atoms with Crippen LogP contribution in [0.25, 0.3) is 10.8 Å². The summed E-state index contributed by atoms with van der Waals surface area (Å²) in [5, 5.41) is 14.1. The summed E-state index contributed by atoms with van der Waals surface area (Å²) in [5.74, 6) is -1.40. The number of amides is 1. The van der Waals surface area contributed by atoms with Crippen LogP contribution in [-0.2, 0) is 19.6 Å². The summed E-state index contributed by atoms with van der Waals surface area (Å²) >= 11 is 0. The molecule has 1 amide bonds. The van der Waals surface area contributed by atoms with Gasteiger partial charge in [0.15, 0.2) is 0 Å². The number of nitrogens with zero attached hydrogens (tertiary/aromatic N) is 2. The minimum Gasteiger partial charge on any atom is -0.480 e. The van der Waals surface area contributed by atoms with E-state index in [0.29, 0.717) is 6.42 Å². The molecular formula is C26H30N4O5S. The van der Waals surface area contributed by atoms with Crippen LogP contribution in [0.15, 0.2) is 71.9 Å². The molecule has 36 heavy (non-hydrogen) atoms. The number of carboxylic acids is 1. The molecular weight excluding hydrogens is 480 g/mol. The number of anilines is 1. The third-order valence-corrected chi connectivity index (χ3v) is 7.96. The van der Waals surface area contributed by atoms with E-state index in [9.17, 15) is 23.1 Å². The highest BCUT2D eigenvalue weighted by atomic mass is 32.2. The maximum atomic E-state index is 12.8. The first-order valence-electron chi connectivity index (χ1n) is 12.0. The summed E-state index contributed by atoms with van der Waals surface area (Å²) in [5.41, 5.74) is 1.09. The van der Waals surface area contributed by atoms with E-state index in [1.54, 1.807) is 24.5 Å². The Morgan fingerprint density at radius 2 is 1.72 bits per heavy atom. The molecule has 2 aromatic carbocycles. The molecule has 1 saturated heterocycles. The number of carboxylic acid groups (broad SMARTS) is 1. The zero-order chi connectivity index (χ0) is 25.5. The van der Waals surface area contributed by atoms with Crippen molar-refractivity contribution in [2.24, 2.45) is 5.92 Å². The second-order valence-corrected chi connectivity index (χ2v) is 10.6. The highest BCUT2D eigenvalue weighted by Crippen LogP contribution is 2.23. The quantitative estimate of drug-likeness (QED) is 0.358. The van der Waals surface area contributed by atoms with Crippen LogP contribution in [0.2, 0.25) is 0 Å². The van der Waals surface area contributed by atoms with Crippen molar-refractivity contribution in [3.8, 4) is 0 Å². The molecule has 1 aliphatic heterocycles. The molecule has 1 atom stereocenters. The number of piperidine rings is 1. The van der Waals surface area contributed by atoms with Gasteiger partial charge in [0.05, 0.1) is 4.90 Å². The van der Waals surface area contributed by atoms with E-state index in [-0.39, 0.29) is 29.7 Å². The fourth-order valence-corrected chi connectivity index (χ4v) is 5.70. The molecule has 0 radical (unpaired) electrons. The number of aliphatic carboxylic acids is 1. The Bertz CT molecular complexity index is 1310. The SMILES string of the molecule is O=C(NCCCC(NS(=O)(=O)c1ccc2ccccc2c1)C(=O)O)C1CCN(c2ccncc2)CC1. The largest absolute Gasteiger partial charge is 0.480 e. The van der Waals surface area contributed by atoms with Crippen LogP contribution in [0.4, 0.5) is 5.69 Å². The Labute approximate surface area is 210 Å². The van der Waals surface area contributed by atoms with Crippen LogP contribution in [0.5, 0.6) is 0 Å². The predicted molar refractivity (Wildman–Crippen MR) is 137 cm³/mol. The molecule has 1 fully saturated rings. The molecule has 3 aromatic rings. The van der Waals surface area contributed by atoms with Crippen molar-refractivity contribution in [3.05, 3.63) is 67.0 Å². The molecule has 1 unspecified atom stereocenters. The van der Waals surface area contributed by atoms with E-state index in [1.807, 2.05) is 30.3 Å². The summed E-state index contributed by atoms with van der Waals surface area (Å²) in [7, 11) is -4.02. The maximum absolute atomic E-state index is 12.8. The standard InChI is InChI=1S/C26H30N4O5S/c31-25(20-11-16-30(17-12-20)22-9-14-27-15-10-22)28-13-3-6-24(26(32)33)29-36(34,35)23-8-7-19-4-1-2-5-21(19)18-23/h1-2,4-5,7-10,14-15,18,20,24,29H,3,6,11-13,16-17H2,(H,28,31)(H,32,33). The predicted octanol–water partition coefficient (Wildman–Crippen LogP) is 2.78. The number of rotatable bonds is 10. The Hall–Kier alpha value is -3.50. The monoisotopic (exact) mass is 510 g/mol. The first-order valence-corrected chi connectivity index (χ1v) is 13.5. The lowest BCUT2D eigenvalue weighted by Crippen LogP contribution is -2.42. The van der Waals surface area contributed by atoms with Crippen molar-refractivity contribution in [1.82, 2.24) is 15.0 Å². The zero-order valence-electron chi connectivity index (χ0n) is 19.8. The number of benzene rings is 2. The molecule has 4 rings (SSSR count). The van der Waals surface area contributed by atoms with Crippen LogP contribution in [-0.4, -0.2) is 56.1 Å². The topological polar surface area (TPSA) is 129 Å². The van der Waals surface area contributed by atoms with Crippen LogP contribution < -0.4 is 14.9 Å². The van der Waals surface area contributed by atoms with Crippen LogP contribution in [0.1, 0.15) is 25.7 Å². The first-order chi connectivity index (χ1) is 17.3. The third-order valence-electron chi connectivity index (χ3n) is 6.49. The minimum absolute atomic E-state index is 0.0128. The number of pyridine rings is 1.